The second-order valence-electron chi connectivity index (χ2n) is 5.85. The Bertz CT molecular complexity index is 1350. The van der Waals surface area contributed by atoms with Crippen LogP contribution in [0.1, 0.15) is 0 Å². The zero-order chi connectivity index (χ0) is 20.3. The number of benzene rings is 2. The Hall–Kier alpha value is -4.48. The van der Waals surface area contributed by atoms with E-state index in [1.165, 1.54) is 0 Å². The minimum Gasteiger partial charge on any atom is -0.289 e. The first-order chi connectivity index (χ1) is 13.2. The SMILES string of the molecule is O=C1NC(=O)C(=c2c(=O)c3ccc([N+](=O)[O-])c4c([N+](=O)[O-])ccc2c43)C(=O)N1. The van der Waals surface area contributed by atoms with Crippen LogP contribution in [-0.4, -0.2) is 27.7 Å². The molecule has 1 saturated heterocycles. The summed E-state index contributed by atoms with van der Waals surface area (Å²) in [5, 5.41) is 25.3. The number of hydrogen-bond acceptors (Lipinski definition) is 8. The summed E-state index contributed by atoms with van der Waals surface area (Å²) >= 11 is 0. The smallest absolute Gasteiger partial charge is 0.289 e. The van der Waals surface area contributed by atoms with Gasteiger partial charge in [0.15, 0.2) is 5.43 Å². The van der Waals surface area contributed by atoms with E-state index in [1.54, 1.807) is 0 Å². The van der Waals surface area contributed by atoms with E-state index in [-0.39, 0.29) is 21.5 Å². The van der Waals surface area contributed by atoms with Crippen LogP contribution >= 0.6 is 0 Å². The number of nitro benzene ring substituents is 2. The minimum absolute atomic E-state index is 0.0426. The van der Waals surface area contributed by atoms with Gasteiger partial charge >= 0.3 is 6.03 Å². The normalized spacial score (nSPS) is 14.4. The molecule has 1 heterocycles. The van der Waals surface area contributed by atoms with Crippen LogP contribution in [0.25, 0.3) is 27.1 Å². The van der Waals surface area contributed by atoms with Crippen LogP contribution in [0.5, 0.6) is 0 Å². The Morgan fingerprint density at radius 3 is 1.71 bits per heavy atom. The van der Waals surface area contributed by atoms with E-state index in [0.717, 1.165) is 24.3 Å². The van der Waals surface area contributed by atoms with E-state index in [2.05, 4.69) is 0 Å². The number of barbiturate groups is 1. The Kier molecular flexibility index (Phi) is 3.34. The van der Waals surface area contributed by atoms with Crippen molar-refractivity contribution in [2.45, 2.75) is 0 Å². The summed E-state index contributed by atoms with van der Waals surface area (Å²) in [6.07, 6.45) is 0. The van der Waals surface area contributed by atoms with Gasteiger partial charge in [-0.2, -0.15) is 0 Å². The molecule has 0 spiro atoms. The largest absolute Gasteiger partial charge is 0.328 e. The van der Waals surface area contributed by atoms with Crippen molar-refractivity contribution in [2.24, 2.45) is 0 Å². The fraction of sp³-hybridized carbons (Fsp3) is 0. The third-order valence-corrected chi connectivity index (χ3v) is 4.41. The van der Waals surface area contributed by atoms with Gasteiger partial charge in [-0.05, 0) is 17.5 Å². The molecular formula is C16H6N4O8. The Labute approximate surface area is 152 Å². The summed E-state index contributed by atoms with van der Waals surface area (Å²) in [6.45, 7) is 0. The van der Waals surface area contributed by atoms with Gasteiger partial charge in [0.1, 0.15) is 11.0 Å². The van der Waals surface area contributed by atoms with Crippen LogP contribution in [0, 0.1) is 20.2 Å². The molecule has 0 aromatic heterocycles. The lowest BCUT2D eigenvalue weighted by atomic mass is 10.0. The van der Waals surface area contributed by atoms with Crippen LogP contribution in [0.2, 0.25) is 0 Å². The summed E-state index contributed by atoms with van der Waals surface area (Å²) in [4.78, 5) is 69.5. The first-order valence-electron chi connectivity index (χ1n) is 7.57. The lowest BCUT2D eigenvalue weighted by Gasteiger charge is -2.13. The van der Waals surface area contributed by atoms with E-state index in [0.29, 0.717) is 0 Å². The van der Waals surface area contributed by atoms with Crippen molar-refractivity contribution in [3.8, 4) is 0 Å². The number of imide groups is 2. The zero-order valence-electron chi connectivity index (χ0n) is 13.5. The third kappa shape index (κ3) is 2.11. The fourth-order valence-corrected chi connectivity index (χ4v) is 3.36. The molecule has 0 bridgehead atoms. The predicted molar refractivity (Wildman–Crippen MR) is 92.5 cm³/mol. The molecular weight excluding hydrogens is 376 g/mol. The van der Waals surface area contributed by atoms with Crippen LogP contribution in [0.4, 0.5) is 16.2 Å². The summed E-state index contributed by atoms with van der Waals surface area (Å²) in [6, 6.07) is 3.08. The highest BCUT2D eigenvalue weighted by Gasteiger charge is 2.33. The second-order valence-corrected chi connectivity index (χ2v) is 5.85. The predicted octanol–water partition coefficient (Wildman–Crippen LogP) is -0.157. The van der Waals surface area contributed by atoms with E-state index >= 15 is 0 Å². The van der Waals surface area contributed by atoms with Crippen molar-refractivity contribution in [3.05, 3.63) is 59.9 Å². The maximum atomic E-state index is 12.9. The summed E-state index contributed by atoms with van der Waals surface area (Å²) in [5.41, 5.74) is -2.66. The summed E-state index contributed by atoms with van der Waals surface area (Å²) in [5.74, 6) is -2.24. The first-order valence-corrected chi connectivity index (χ1v) is 7.57. The zero-order valence-corrected chi connectivity index (χ0v) is 13.5. The van der Waals surface area contributed by atoms with E-state index < -0.39 is 55.3 Å². The molecule has 12 heteroatoms. The molecule has 4 amide bonds. The average molecular weight is 382 g/mol. The Morgan fingerprint density at radius 2 is 1.21 bits per heavy atom. The second kappa shape index (κ2) is 5.51. The molecule has 0 radical (unpaired) electrons. The molecule has 0 atom stereocenters. The lowest BCUT2D eigenvalue weighted by Crippen LogP contribution is -2.53. The first kappa shape index (κ1) is 17.0. The van der Waals surface area contributed by atoms with Gasteiger partial charge in [0.05, 0.1) is 9.85 Å². The van der Waals surface area contributed by atoms with Gasteiger partial charge in [-0.25, -0.2) is 4.79 Å². The number of rotatable bonds is 2. The minimum atomic E-state index is -1.12. The topological polar surface area (TPSA) is 179 Å². The molecule has 3 aromatic carbocycles. The molecule has 1 aliphatic heterocycles. The number of carbonyl (C=O) groups excluding carboxylic acids is 3. The number of nitrogens with one attached hydrogen (secondary N) is 2. The van der Waals surface area contributed by atoms with Crippen molar-refractivity contribution in [2.75, 3.05) is 0 Å². The monoisotopic (exact) mass is 382 g/mol. The quantitative estimate of drug-likeness (QED) is 0.453. The maximum Gasteiger partial charge on any atom is 0.328 e. The number of amides is 4. The molecule has 0 aliphatic carbocycles. The number of urea groups is 1. The molecule has 4 rings (SSSR count). The third-order valence-electron chi connectivity index (χ3n) is 4.41. The Morgan fingerprint density at radius 1 is 0.714 bits per heavy atom. The van der Waals surface area contributed by atoms with Crippen molar-refractivity contribution in [3.63, 3.8) is 0 Å². The van der Waals surface area contributed by atoms with Crippen molar-refractivity contribution in [1.82, 2.24) is 10.6 Å². The highest BCUT2D eigenvalue weighted by atomic mass is 16.6. The number of nitrogens with zero attached hydrogens (tertiary/aromatic N) is 2. The summed E-state index contributed by atoms with van der Waals surface area (Å²) in [7, 11) is 0. The standard InChI is InChI=1S/C16H6N4O8/c21-13-6-2-4-8(20(27)28)11-7(19(25)26)3-1-5(9(6)11)10(13)12-14(22)17-16(24)18-15(12)23/h1-4H,(H2,17,18,22,23,24). The van der Waals surface area contributed by atoms with Crippen LogP contribution in [-0.2, 0) is 9.59 Å². The molecule has 2 N–H and O–H groups in total. The molecule has 3 aromatic rings. The molecule has 28 heavy (non-hydrogen) atoms. The Balaban J connectivity index is 2.30. The van der Waals surface area contributed by atoms with Gasteiger partial charge in [-0.1, -0.05) is 0 Å². The maximum absolute atomic E-state index is 12.9. The highest BCUT2D eigenvalue weighted by molar-refractivity contribution is 6.47. The van der Waals surface area contributed by atoms with E-state index in [9.17, 15) is 39.4 Å². The van der Waals surface area contributed by atoms with Crippen molar-refractivity contribution in [1.29, 1.82) is 0 Å². The van der Waals surface area contributed by atoms with Gasteiger partial charge in [-0.3, -0.25) is 45.2 Å². The fourth-order valence-electron chi connectivity index (χ4n) is 3.36. The highest BCUT2D eigenvalue weighted by Crippen LogP contribution is 2.37. The molecule has 0 saturated carbocycles. The van der Waals surface area contributed by atoms with Gasteiger partial charge in [0, 0.05) is 28.1 Å². The van der Waals surface area contributed by atoms with Gasteiger partial charge in [-0.15, -0.1) is 0 Å². The molecule has 12 nitrogen and oxygen atoms in total. The van der Waals surface area contributed by atoms with Crippen molar-refractivity contribution >= 4 is 56.3 Å². The van der Waals surface area contributed by atoms with Gasteiger partial charge < -0.3 is 0 Å². The van der Waals surface area contributed by atoms with Gasteiger partial charge in [0.25, 0.3) is 23.2 Å². The number of nitro groups is 2. The number of hydrogen-bond donors (Lipinski definition) is 2. The molecule has 1 fully saturated rings. The average Bonchev–Trinajstić information content (AvgIpc) is 2.88. The lowest BCUT2D eigenvalue weighted by molar-refractivity contribution is -0.390. The van der Waals surface area contributed by atoms with Crippen molar-refractivity contribution < 1.29 is 24.2 Å². The van der Waals surface area contributed by atoms with Crippen LogP contribution in [0.3, 0.4) is 0 Å². The van der Waals surface area contributed by atoms with E-state index in [1.807, 2.05) is 10.6 Å². The number of carbonyl (C=O) groups is 3. The van der Waals surface area contributed by atoms with Crippen LogP contribution < -0.4 is 21.3 Å². The molecule has 138 valence electrons. The van der Waals surface area contributed by atoms with Crippen LogP contribution in [0.15, 0.2) is 29.1 Å². The summed E-state index contributed by atoms with van der Waals surface area (Å²) < 4.78 is 0. The molecule has 0 unspecified atom stereocenters. The van der Waals surface area contributed by atoms with E-state index in [4.69, 9.17) is 0 Å². The molecule has 1 aliphatic rings. The van der Waals surface area contributed by atoms with Gasteiger partial charge in [0.2, 0.25) is 0 Å². The number of non-ortho nitro benzene ring substituents is 2.